The maximum atomic E-state index is 12.5. The summed E-state index contributed by atoms with van der Waals surface area (Å²) in [6, 6.07) is 24.3. The number of amides is 1. The first-order chi connectivity index (χ1) is 16.5. The summed E-state index contributed by atoms with van der Waals surface area (Å²) in [5.41, 5.74) is 4.89. The van der Waals surface area contributed by atoms with Crippen molar-refractivity contribution in [1.82, 2.24) is 10.3 Å². The van der Waals surface area contributed by atoms with Gasteiger partial charge in [-0.2, -0.15) is 0 Å². The normalized spacial score (nSPS) is 10.9. The van der Waals surface area contributed by atoms with Crippen molar-refractivity contribution in [3.05, 3.63) is 101 Å². The van der Waals surface area contributed by atoms with Crippen LogP contribution in [0.3, 0.4) is 0 Å². The van der Waals surface area contributed by atoms with E-state index >= 15 is 0 Å². The zero-order chi connectivity index (χ0) is 23.9. The van der Waals surface area contributed by atoms with Crippen molar-refractivity contribution >= 4 is 29.4 Å². The molecule has 0 atom stereocenters. The first-order valence-corrected chi connectivity index (χ1v) is 13.4. The van der Waals surface area contributed by atoms with E-state index in [0.29, 0.717) is 18.0 Å². The molecule has 174 valence electrons. The van der Waals surface area contributed by atoms with Crippen molar-refractivity contribution in [3.63, 3.8) is 0 Å². The van der Waals surface area contributed by atoms with Gasteiger partial charge in [0.05, 0.1) is 5.69 Å². The highest BCUT2D eigenvalue weighted by molar-refractivity contribution is 7.98. The van der Waals surface area contributed by atoms with Gasteiger partial charge >= 0.3 is 0 Å². The summed E-state index contributed by atoms with van der Waals surface area (Å²) in [5, 5.41) is 3.00. The van der Waals surface area contributed by atoms with Gasteiger partial charge in [-0.25, -0.2) is 4.98 Å². The second kappa shape index (κ2) is 11.4. The number of rotatable bonds is 9. The number of aryl methyl sites for hydroxylation is 2. The Labute approximate surface area is 209 Å². The number of benzene rings is 3. The summed E-state index contributed by atoms with van der Waals surface area (Å²) in [6.07, 6.45) is 2.87. The lowest BCUT2D eigenvalue weighted by atomic mass is 10.1. The number of carbonyl (C=O) groups is 1. The molecule has 3 aromatic carbocycles. The molecule has 4 nitrogen and oxygen atoms in total. The number of oxazole rings is 1. The molecule has 0 spiro atoms. The zero-order valence-electron chi connectivity index (χ0n) is 19.6. The van der Waals surface area contributed by atoms with Crippen LogP contribution in [0.5, 0.6) is 0 Å². The average molecular weight is 489 g/mol. The van der Waals surface area contributed by atoms with Crippen molar-refractivity contribution in [2.24, 2.45) is 0 Å². The Morgan fingerprint density at radius 2 is 1.59 bits per heavy atom. The minimum atomic E-state index is -0.0777. The lowest BCUT2D eigenvalue weighted by Crippen LogP contribution is -2.25. The summed E-state index contributed by atoms with van der Waals surface area (Å²) in [4.78, 5) is 19.7. The molecule has 1 aromatic heterocycles. The van der Waals surface area contributed by atoms with E-state index in [1.54, 1.807) is 23.5 Å². The van der Waals surface area contributed by atoms with Crippen molar-refractivity contribution in [2.45, 2.75) is 35.8 Å². The van der Waals surface area contributed by atoms with E-state index in [1.807, 2.05) is 31.2 Å². The van der Waals surface area contributed by atoms with Crippen LogP contribution in [0, 0.1) is 13.8 Å². The molecule has 4 rings (SSSR count). The van der Waals surface area contributed by atoms with Gasteiger partial charge in [0.25, 0.3) is 5.91 Å². The SMILES string of the molecule is CSc1ccc(CCNC(=O)c2ccc(-c3nc(CSc4ccc(C)cc4)c(C)o3)cc2)cc1. The highest BCUT2D eigenvalue weighted by atomic mass is 32.2. The molecule has 0 saturated carbocycles. The molecule has 0 saturated heterocycles. The molecule has 1 heterocycles. The van der Waals surface area contributed by atoms with E-state index < -0.39 is 0 Å². The van der Waals surface area contributed by atoms with E-state index in [0.717, 1.165) is 29.2 Å². The fraction of sp³-hybridized carbons (Fsp3) is 0.214. The molecule has 0 aliphatic rings. The van der Waals surface area contributed by atoms with Crippen LogP contribution in [-0.2, 0) is 12.2 Å². The van der Waals surface area contributed by atoms with Crippen LogP contribution in [0.25, 0.3) is 11.5 Å². The van der Waals surface area contributed by atoms with Crippen LogP contribution in [0.2, 0.25) is 0 Å². The van der Waals surface area contributed by atoms with Crippen molar-refractivity contribution < 1.29 is 9.21 Å². The highest BCUT2D eigenvalue weighted by Crippen LogP contribution is 2.28. The Bertz CT molecular complexity index is 1230. The number of nitrogens with zero attached hydrogens (tertiary/aromatic N) is 1. The lowest BCUT2D eigenvalue weighted by Gasteiger charge is -2.06. The molecule has 0 fully saturated rings. The van der Waals surface area contributed by atoms with Crippen LogP contribution in [0.15, 0.2) is 87.0 Å². The van der Waals surface area contributed by atoms with E-state index in [9.17, 15) is 4.79 Å². The van der Waals surface area contributed by atoms with Crippen LogP contribution < -0.4 is 5.32 Å². The Balaban J connectivity index is 1.32. The van der Waals surface area contributed by atoms with Gasteiger partial charge in [-0.15, -0.1) is 23.5 Å². The molecule has 0 unspecified atom stereocenters. The van der Waals surface area contributed by atoms with Crippen LogP contribution in [-0.4, -0.2) is 23.7 Å². The first kappa shape index (κ1) is 24.2. The maximum Gasteiger partial charge on any atom is 0.251 e. The third kappa shape index (κ3) is 6.33. The van der Waals surface area contributed by atoms with Crippen molar-refractivity contribution in [3.8, 4) is 11.5 Å². The average Bonchev–Trinajstić information content (AvgIpc) is 3.24. The quantitative estimate of drug-likeness (QED) is 0.259. The summed E-state index contributed by atoms with van der Waals surface area (Å²) in [5.74, 6) is 2.07. The largest absolute Gasteiger partial charge is 0.441 e. The number of carbonyl (C=O) groups excluding carboxylic acids is 1. The fourth-order valence-electron chi connectivity index (χ4n) is 3.45. The molecule has 4 aromatic rings. The smallest absolute Gasteiger partial charge is 0.251 e. The predicted octanol–water partition coefficient (Wildman–Crippen LogP) is 6.95. The van der Waals surface area contributed by atoms with Crippen molar-refractivity contribution in [2.75, 3.05) is 12.8 Å². The Kier molecular flexibility index (Phi) is 8.14. The molecule has 0 aliphatic carbocycles. The standard InChI is InChI=1S/C28H28N2O2S2/c1-19-4-12-25(13-5-19)34-18-26-20(2)32-28(30-26)23-10-8-22(9-11-23)27(31)29-17-16-21-6-14-24(33-3)15-7-21/h4-15H,16-18H2,1-3H3,(H,29,31). The van der Waals surface area contributed by atoms with Crippen LogP contribution >= 0.6 is 23.5 Å². The van der Waals surface area contributed by atoms with E-state index in [4.69, 9.17) is 9.40 Å². The molecular formula is C28H28N2O2S2. The van der Waals surface area contributed by atoms with E-state index in [1.165, 1.54) is 20.9 Å². The number of aromatic nitrogens is 1. The molecule has 0 aliphatic heterocycles. The van der Waals surface area contributed by atoms with Gasteiger partial charge in [0, 0.05) is 33.2 Å². The topological polar surface area (TPSA) is 55.1 Å². The second-order valence-electron chi connectivity index (χ2n) is 8.05. The van der Waals surface area contributed by atoms with Gasteiger partial charge in [-0.05, 0) is 80.6 Å². The number of thioether (sulfide) groups is 2. The van der Waals surface area contributed by atoms with Gasteiger partial charge in [0.2, 0.25) is 5.89 Å². The summed E-state index contributed by atoms with van der Waals surface area (Å²) >= 11 is 3.47. The van der Waals surface area contributed by atoms with E-state index in [2.05, 4.69) is 67.0 Å². The van der Waals surface area contributed by atoms with Crippen LogP contribution in [0.4, 0.5) is 0 Å². The fourth-order valence-corrected chi connectivity index (χ4v) is 4.76. The monoisotopic (exact) mass is 488 g/mol. The van der Waals surface area contributed by atoms with Gasteiger partial charge in [0.1, 0.15) is 5.76 Å². The van der Waals surface area contributed by atoms with Gasteiger partial charge in [0.15, 0.2) is 0 Å². The minimum absolute atomic E-state index is 0.0777. The molecule has 6 heteroatoms. The number of hydrogen-bond acceptors (Lipinski definition) is 5. The minimum Gasteiger partial charge on any atom is -0.441 e. The summed E-state index contributed by atoms with van der Waals surface area (Å²) in [7, 11) is 0. The predicted molar refractivity (Wildman–Crippen MR) is 142 cm³/mol. The third-order valence-corrected chi connectivity index (χ3v) is 7.31. The van der Waals surface area contributed by atoms with Crippen molar-refractivity contribution in [1.29, 1.82) is 0 Å². The summed E-state index contributed by atoms with van der Waals surface area (Å²) in [6.45, 7) is 4.63. The number of hydrogen-bond donors (Lipinski definition) is 1. The Morgan fingerprint density at radius 3 is 2.26 bits per heavy atom. The van der Waals surface area contributed by atoms with Gasteiger partial charge < -0.3 is 9.73 Å². The van der Waals surface area contributed by atoms with Gasteiger partial charge in [-0.1, -0.05) is 29.8 Å². The third-order valence-electron chi connectivity index (χ3n) is 5.54. The van der Waals surface area contributed by atoms with E-state index in [-0.39, 0.29) is 5.91 Å². The second-order valence-corrected chi connectivity index (χ2v) is 9.98. The van der Waals surface area contributed by atoms with Gasteiger partial charge in [-0.3, -0.25) is 4.79 Å². The summed E-state index contributed by atoms with van der Waals surface area (Å²) < 4.78 is 5.91. The Hall–Kier alpha value is -2.96. The maximum absolute atomic E-state index is 12.5. The molecule has 34 heavy (non-hydrogen) atoms. The number of nitrogens with one attached hydrogen (secondary N) is 1. The zero-order valence-corrected chi connectivity index (χ0v) is 21.3. The molecule has 0 radical (unpaired) electrons. The van der Waals surface area contributed by atoms with Crippen LogP contribution in [0.1, 0.15) is 32.9 Å². The molecular weight excluding hydrogens is 460 g/mol. The molecule has 1 amide bonds. The Morgan fingerprint density at radius 1 is 0.912 bits per heavy atom. The highest BCUT2D eigenvalue weighted by Gasteiger charge is 2.13. The molecule has 1 N–H and O–H groups in total. The first-order valence-electron chi connectivity index (χ1n) is 11.2. The molecule has 0 bridgehead atoms. The lowest BCUT2D eigenvalue weighted by molar-refractivity contribution is 0.0954.